The van der Waals surface area contributed by atoms with Crippen LogP contribution in [0.4, 0.5) is 0 Å². The minimum Gasteiger partial charge on any atom is -0.405 e. The summed E-state index contributed by atoms with van der Waals surface area (Å²) in [4.78, 5) is 0. The Balaban J connectivity index is 1.78. The molecule has 1 aliphatic rings. The third-order valence-corrected chi connectivity index (χ3v) is 10.8. The van der Waals surface area contributed by atoms with E-state index in [0.29, 0.717) is 19.6 Å². The van der Waals surface area contributed by atoms with Crippen molar-refractivity contribution in [3.63, 3.8) is 0 Å². The van der Waals surface area contributed by atoms with Crippen molar-refractivity contribution >= 4 is 18.7 Å². The lowest BCUT2D eigenvalue weighted by molar-refractivity contribution is -0.139. The van der Waals surface area contributed by atoms with Crippen LogP contribution < -0.4 is 10.4 Å². The van der Waals surface area contributed by atoms with Crippen molar-refractivity contribution in [2.45, 2.75) is 70.5 Å². The zero-order chi connectivity index (χ0) is 21.8. The van der Waals surface area contributed by atoms with Crippen LogP contribution in [0.5, 0.6) is 0 Å². The van der Waals surface area contributed by atoms with Gasteiger partial charge in [-0.15, -0.1) is 0 Å². The maximum Gasteiger partial charge on any atom is 0.261 e. The highest BCUT2D eigenvalue weighted by Gasteiger charge is 2.50. The Morgan fingerprint density at radius 2 is 1.57 bits per heavy atom. The molecule has 0 amide bonds. The summed E-state index contributed by atoms with van der Waals surface area (Å²) < 4.78 is 18.3. The first kappa shape index (κ1) is 23.2. The lowest BCUT2D eigenvalue weighted by Gasteiger charge is -2.43. The molecule has 3 rings (SSSR count). The molecule has 1 saturated heterocycles. The van der Waals surface area contributed by atoms with Gasteiger partial charge in [-0.1, -0.05) is 81.4 Å². The van der Waals surface area contributed by atoms with Crippen molar-refractivity contribution in [2.75, 3.05) is 13.2 Å². The van der Waals surface area contributed by atoms with Crippen LogP contribution in [0.25, 0.3) is 0 Å². The van der Waals surface area contributed by atoms with E-state index < -0.39 is 20.2 Å². The molecule has 4 nitrogen and oxygen atoms in total. The molecule has 1 N–H and O–H groups in total. The van der Waals surface area contributed by atoms with Gasteiger partial charge in [0.1, 0.15) is 0 Å². The standard InChI is InChI=1S/C25H36O4Si/c1-24(2,3)30(22-12-8-6-9-13-22,23-14-10-7-11-15-23)28-18-20(26)16-17-21-19-27-25(4,5)29-21/h6-15,20-21,26H,16-19H2,1-5H3/t20-,21-/m0/s1. The molecule has 0 aromatic heterocycles. The molecule has 2 aromatic rings. The van der Waals surface area contributed by atoms with E-state index in [1.165, 1.54) is 10.4 Å². The molecule has 164 valence electrons. The second kappa shape index (κ2) is 9.33. The van der Waals surface area contributed by atoms with Gasteiger partial charge in [0.2, 0.25) is 0 Å². The van der Waals surface area contributed by atoms with Gasteiger partial charge < -0.3 is 19.0 Å². The third-order valence-electron chi connectivity index (χ3n) is 5.80. The van der Waals surface area contributed by atoms with E-state index in [0.717, 1.165) is 6.42 Å². The van der Waals surface area contributed by atoms with Gasteiger partial charge in [0, 0.05) is 0 Å². The molecule has 0 bridgehead atoms. The SMILES string of the molecule is CC1(C)OC[C@H](CC[C@H](O)CO[Si](c2ccccc2)(c2ccccc2)C(C)(C)C)O1. The Kier molecular flexibility index (Phi) is 7.20. The molecule has 1 heterocycles. The molecular formula is C25H36O4Si. The van der Waals surface area contributed by atoms with Gasteiger partial charge in [0.05, 0.1) is 25.4 Å². The number of benzene rings is 2. The van der Waals surface area contributed by atoms with E-state index in [1.807, 2.05) is 26.0 Å². The fourth-order valence-corrected chi connectivity index (χ4v) is 8.95. The predicted molar refractivity (Wildman–Crippen MR) is 124 cm³/mol. The van der Waals surface area contributed by atoms with E-state index >= 15 is 0 Å². The highest BCUT2D eigenvalue weighted by atomic mass is 28.4. The molecule has 0 saturated carbocycles. The Morgan fingerprint density at radius 1 is 1.03 bits per heavy atom. The molecule has 0 radical (unpaired) electrons. The van der Waals surface area contributed by atoms with Crippen LogP contribution in [-0.4, -0.2) is 44.6 Å². The smallest absolute Gasteiger partial charge is 0.261 e. The molecule has 1 aliphatic heterocycles. The molecule has 2 aromatic carbocycles. The first-order chi connectivity index (χ1) is 14.1. The van der Waals surface area contributed by atoms with Gasteiger partial charge in [-0.3, -0.25) is 0 Å². The molecule has 1 fully saturated rings. The Hall–Kier alpha value is -1.50. The Labute approximate surface area is 182 Å². The zero-order valence-corrected chi connectivity index (χ0v) is 19.9. The fraction of sp³-hybridized carbons (Fsp3) is 0.520. The zero-order valence-electron chi connectivity index (χ0n) is 18.9. The van der Waals surface area contributed by atoms with Gasteiger partial charge in [0.25, 0.3) is 8.32 Å². The summed E-state index contributed by atoms with van der Waals surface area (Å²) in [6.07, 6.45) is 0.873. The molecular weight excluding hydrogens is 392 g/mol. The third kappa shape index (κ3) is 5.21. The Morgan fingerprint density at radius 3 is 2.00 bits per heavy atom. The first-order valence-electron chi connectivity index (χ1n) is 10.9. The maximum absolute atomic E-state index is 10.8. The van der Waals surface area contributed by atoms with Crippen LogP contribution in [0.3, 0.4) is 0 Å². The summed E-state index contributed by atoms with van der Waals surface area (Å²) in [7, 11) is -2.61. The van der Waals surface area contributed by atoms with Gasteiger partial charge in [0.15, 0.2) is 5.79 Å². The Bertz CT molecular complexity index is 746. The van der Waals surface area contributed by atoms with Crippen molar-refractivity contribution in [3.05, 3.63) is 60.7 Å². The second-order valence-electron chi connectivity index (χ2n) is 9.66. The summed E-state index contributed by atoms with van der Waals surface area (Å²) in [5.74, 6) is -0.527. The summed E-state index contributed by atoms with van der Waals surface area (Å²) in [5.41, 5.74) is 0. The predicted octanol–water partition coefficient (Wildman–Crippen LogP) is 3.86. The molecule has 5 heteroatoms. The number of hydrogen-bond acceptors (Lipinski definition) is 4. The number of aliphatic hydroxyl groups excluding tert-OH is 1. The van der Waals surface area contributed by atoms with Gasteiger partial charge in [-0.2, -0.15) is 0 Å². The topological polar surface area (TPSA) is 47.9 Å². The quantitative estimate of drug-likeness (QED) is 0.649. The minimum atomic E-state index is -2.61. The molecule has 0 spiro atoms. The van der Waals surface area contributed by atoms with Crippen molar-refractivity contribution in [1.29, 1.82) is 0 Å². The number of hydrogen-bond donors (Lipinski definition) is 1. The van der Waals surface area contributed by atoms with Crippen molar-refractivity contribution < 1.29 is 19.0 Å². The number of ether oxygens (including phenoxy) is 2. The number of aliphatic hydroxyl groups is 1. The van der Waals surface area contributed by atoms with Crippen molar-refractivity contribution in [3.8, 4) is 0 Å². The first-order valence-corrected chi connectivity index (χ1v) is 12.8. The average molecular weight is 429 g/mol. The van der Waals surface area contributed by atoms with Crippen LogP contribution in [0.1, 0.15) is 47.5 Å². The normalized spacial score (nSPS) is 20.3. The number of rotatable bonds is 8. The summed E-state index contributed by atoms with van der Waals surface area (Å²) >= 11 is 0. The van der Waals surface area contributed by atoms with E-state index in [1.54, 1.807) is 0 Å². The van der Waals surface area contributed by atoms with Crippen LogP contribution in [0, 0.1) is 0 Å². The van der Waals surface area contributed by atoms with Crippen LogP contribution in [0.15, 0.2) is 60.7 Å². The van der Waals surface area contributed by atoms with Crippen molar-refractivity contribution in [2.24, 2.45) is 0 Å². The molecule has 0 unspecified atom stereocenters. The molecule has 30 heavy (non-hydrogen) atoms. The van der Waals surface area contributed by atoms with Gasteiger partial charge in [-0.25, -0.2) is 0 Å². The molecule has 0 aliphatic carbocycles. The van der Waals surface area contributed by atoms with E-state index in [-0.39, 0.29) is 11.1 Å². The van der Waals surface area contributed by atoms with Crippen LogP contribution in [0.2, 0.25) is 5.04 Å². The van der Waals surface area contributed by atoms with Crippen LogP contribution >= 0.6 is 0 Å². The van der Waals surface area contributed by atoms with E-state index in [2.05, 4.69) is 69.3 Å². The van der Waals surface area contributed by atoms with Crippen molar-refractivity contribution in [1.82, 2.24) is 0 Å². The lowest BCUT2D eigenvalue weighted by Crippen LogP contribution is -2.67. The van der Waals surface area contributed by atoms with Gasteiger partial charge in [-0.05, 0) is 42.1 Å². The lowest BCUT2D eigenvalue weighted by atomic mass is 10.1. The second-order valence-corrected chi connectivity index (χ2v) is 14.0. The van der Waals surface area contributed by atoms with Gasteiger partial charge >= 0.3 is 0 Å². The van der Waals surface area contributed by atoms with E-state index in [4.69, 9.17) is 13.9 Å². The largest absolute Gasteiger partial charge is 0.405 e. The van der Waals surface area contributed by atoms with E-state index in [9.17, 15) is 5.11 Å². The van der Waals surface area contributed by atoms with Crippen LogP contribution in [-0.2, 0) is 13.9 Å². The highest BCUT2D eigenvalue weighted by molar-refractivity contribution is 6.99. The average Bonchev–Trinajstić information content (AvgIpc) is 3.06. The highest BCUT2D eigenvalue weighted by Crippen LogP contribution is 2.37. The maximum atomic E-state index is 10.8. The fourth-order valence-electron chi connectivity index (χ4n) is 4.35. The summed E-state index contributed by atoms with van der Waals surface area (Å²) in [6.45, 7) is 11.5. The summed E-state index contributed by atoms with van der Waals surface area (Å²) in [6, 6.07) is 21.0. The minimum absolute atomic E-state index is 0.0301. The summed E-state index contributed by atoms with van der Waals surface area (Å²) in [5, 5.41) is 13.1. The molecule has 2 atom stereocenters. The monoisotopic (exact) mass is 428 g/mol.